The number of hydrogen-bond acceptors (Lipinski definition) is 5. The Balaban J connectivity index is 1.58. The highest BCUT2D eigenvalue weighted by Crippen LogP contribution is 2.30. The van der Waals surface area contributed by atoms with Crippen LogP contribution in [0.15, 0.2) is 51.8 Å². The van der Waals surface area contributed by atoms with Gasteiger partial charge < -0.3 is 14.5 Å². The monoisotopic (exact) mass is 456 g/mol. The molecule has 2 aromatic carbocycles. The molecule has 8 heteroatoms. The molecule has 1 aliphatic carbocycles. The molecule has 1 heterocycles. The lowest BCUT2D eigenvalue weighted by molar-refractivity contribution is 0.0935. The molecule has 4 rings (SSSR count). The van der Waals surface area contributed by atoms with Crippen molar-refractivity contribution in [2.45, 2.75) is 56.5 Å². The van der Waals surface area contributed by atoms with E-state index in [1.54, 1.807) is 6.07 Å². The number of hydrogen-bond donors (Lipinski definition) is 2. The van der Waals surface area contributed by atoms with E-state index in [-0.39, 0.29) is 22.3 Å². The number of methoxy groups -OCH3 is 1. The minimum atomic E-state index is -3.82. The summed E-state index contributed by atoms with van der Waals surface area (Å²) < 4.78 is 39.9. The van der Waals surface area contributed by atoms with Crippen LogP contribution in [0, 0.1) is 6.92 Å². The average Bonchev–Trinajstić information content (AvgIpc) is 3.40. The summed E-state index contributed by atoms with van der Waals surface area (Å²) >= 11 is 0. The first-order valence-corrected chi connectivity index (χ1v) is 12.3. The van der Waals surface area contributed by atoms with Crippen LogP contribution in [0.5, 0.6) is 5.75 Å². The minimum Gasteiger partial charge on any atom is -0.495 e. The van der Waals surface area contributed by atoms with Crippen LogP contribution in [0.4, 0.5) is 0 Å². The molecule has 1 atom stereocenters. The molecule has 1 fully saturated rings. The van der Waals surface area contributed by atoms with Crippen molar-refractivity contribution >= 4 is 26.9 Å². The van der Waals surface area contributed by atoms with E-state index in [2.05, 4.69) is 10.0 Å². The predicted octanol–water partition coefficient (Wildman–Crippen LogP) is 4.46. The molecule has 1 aliphatic rings. The van der Waals surface area contributed by atoms with E-state index in [1.807, 2.05) is 38.1 Å². The third kappa shape index (κ3) is 4.38. The molecule has 2 N–H and O–H groups in total. The summed E-state index contributed by atoms with van der Waals surface area (Å²) in [6, 6.07) is 11.7. The molecular weight excluding hydrogens is 428 g/mol. The third-order valence-corrected chi connectivity index (χ3v) is 7.56. The van der Waals surface area contributed by atoms with Crippen molar-refractivity contribution < 1.29 is 22.4 Å². The van der Waals surface area contributed by atoms with E-state index in [0.717, 1.165) is 42.2 Å². The summed E-state index contributed by atoms with van der Waals surface area (Å²) in [6.45, 7) is 3.79. The molecule has 0 aliphatic heterocycles. The highest BCUT2D eigenvalue weighted by atomic mass is 32.2. The highest BCUT2D eigenvalue weighted by Gasteiger charge is 2.27. The van der Waals surface area contributed by atoms with Crippen LogP contribution in [0.3, 0.4) is 0 Å². The predicted molar refractivity (Wildman–Crippen MR) is 122 cm³/mol. The number of benzene rings is 2. The summed E-state index contributed by atoms with van der Waals surface area (Å²) in [7, 11) is -2.41. The summed E-state index contributed by atoms with van der Waals surface area (Å²) in [6.07, 6.45) is 3.64. The lowest BCUT2D eigenvalue weighted by atomic mass is 10.1. The zero-order chi connectivity index (χ0) is 22.9. The Morgan fingerprint density at radius 2 is 1.88 bits per heavy atom. The van der Waals surface area contributed by atoms with Gasteiger partial charge in [-0.15, -0.1) is 0 Å². The van der Waals surface area contributed by atoms with Gasteiger partial charge in [-0.25, -0.2) is 13.1 Å². The van der Waals surface area contributed by atoms with Gasteiger partial charge in [0, 0.05) is 22.6 Å². The Labute approximate surface area is 188 Å². The maximum atomic E-state index is 13.0. The zero-order valence-corrected chi connectivity index (χ0v) is 19.3. The molecule has 0 saturated heterocycles. The van der Waals surface area contributed by atoms with Crippen molar-refractivity contribution in [3.63, 3.8) is 0 Å². The summed E-state index contributed by atoms with van der Waals surface area (Å²) in [5.41, 5.74) is 1.96. The number of fused-ring (bicyclic) bond motifs is 1. The first kappa shape index (κ1) is 22.4. The fraction of sp³-hybridized carbons (Fsp3) is 0.375. The Bertz CT molecular complexity index is 1240. The molecule has 170 valence electrons. The number of furan rings is 1. The molecule has 32 heavy (non-hydrogen) atoms. The molecule has 0 bridgehead atoms. The molecule has 1 unspecified atom stereocenters. The van der Waals surface area contributed by atoms with E-state index < -0.39 is 22.0 Å². The van der Waals surface area contributed by atoms with Crippen LogP contribution in [-0.4, -0.2) is 27.5 Å². The van der Waals surface area contributed by atoms with Crippen molar-refractivity contribution in [2.24, 2.45) is 0 Å². The van der Waals surface area contributed by atoms with Crippen molar-refractivity contribution in [1.29, 1.82) is 0 Å². The van der Waals surface area contributed by atoms with Gasteiger partial charge in [0.15, 0.2) is 0 Å². The van der Waals surface area contributed by atoms with Gasteiger partial charge in [0.1, 0.15) is 22.0 Å². The van der Waals surface area contributed by atoms with Crippen LogP contribution >= 0.6 is 0 Å². The summed E-state index contributed by atoms with van der Waals surface area (Å²) in [5, 5.41) is 3.91. The Morgan fingerprint density at radius 3 is 2.56 bits per heavy atom. The number of para-hydroxylation sites is 1. The Hall–Kier alpha value is -2.84. The highest BCUT2D eigenvalue weighted by molar-refractivity contribution is 7.89. The Morgan fingerprint density at radius 1 is 1.16 bits per heavy atom. The maximum Gasteiger partial charge on any atom is 0.251 e. The van der Waals surface area contributed by atoms with Gasteiger partial charge in [-0.2, -0.15) is 0 Å². The van der Waals surface area contributed by atoms with Crippen molar-refractivity contribution in [2.75, 3.05) is 7.11 Å². The third-order valence-electron chi connectivity index (χ3n) is 6.01. The molecule has 1 amide bonds. The normalized spacial score (nSPS) is 15.7. The van der Waals surface area contributed by atoms with Crippen molar-refractivity contribution in [1.82, 2.24) is 10.0 Å². The fourth-order valence-electron chi connectivity index (χ4n) is 4.31. The lowest BCUT2D eigenvalue weighted by Crippen LogP contribution is -2.33. The summed E-state index contributed by atoms with van der Waals surface area (Å²) in [5.74, 6) is 0.481. The number of aryl methyl sites for hydroxylation is 1. The first-order chi connectivity index (χ1) is 15.3. The number of sulfonamides is 1. The van der Waals surface area contributed by atoms with Gasteiger partial charge in [0.2, 0.25) is 10.0 Å². The lowest BCUT2D eigenvalue weighted by Gasteiger charge is -2.17. The first-order valence-electron chi connectivity index (χ1n) is 10.8. The van der Waals surface area contributed by atoms with E-state index in [1.165, 1.54) is 19.2 Å². The number of amides is 1. The van der Waals surface area contributed by atoms with Crippen molar-refractivity contribution in [3.05, 3.63) is 59.4 Å². The van der Waals surface area contributed by atoms with Gasteiger partial charge in [0.05, 0.1) is 13.2 Å². The fourth-order valence-corrected chi connectivity index (χ4v) is 5.81. The smallest absolute Gasteiger partial charge is 0.251 e. The number of carbonyl (C=O) groups excluding carboxylic acids is 1. The molecule has 1 aromatic heterocycles. The summed E-state index contributed by atoms with van der Waals surface area (Å²) in [4.78, 5) is 12.9. The maximum absolute atomic E-state index is 13.0. The second-order valence-corrected chi connectivity index (χ2v) is 9.93. The van der Waals surface area contributed by atoms with Gasteiger partial charge in [-0.05, 0) is 51.0 Å². The molecular formula is C24H28N2O5S. The van der Waals surface area contributed by atoms with Crippen molar-refractivity contribution in [3.8, 4) is 5.75 Å². The number of carbonyl (C=O) groups is 1. The van der Waals surface area contributed by atoms with E-state index in [4.69, 9.17) is 9.15 Å². The largest absolute Gasteiger partial charge is 0.495 e. The Kier molecular flexibility index (Phi) is 6.26. The molecule has 0 spiro atoms. The number of nitrogens with one attached hydrogen (secondary N) is 2. The quantitative estimate of drug-likeness (QED) is 0.547. The van der Waals surface area contributed by atoms with Crippen LogP contribution in [-0.2, 0) is 10.0 Å². The average molecular weight is 457 g/mol. The van der Waals surface area contributed by atoms with Gasteiger partial charge in [0.25, 0.3) is 5.91 Å². The topological polar surface area (TPSA) is 97.6 Å². The van der Waals surface area contributed by atoms with Gasteiger partial charge >= 0.3 is 0 Å². The van der Waals surface area contributed by atoms with Gasteiger partial charge in [-0.1, -0.05) is 31.0 Å². The number of ether oxygens (including phenoxy) is 1. The second kappa shape index (κ2) is 8.96. The van der Waals surface area contributed by atoms with Crippen LogP contribution in [0.2, 0.25) is 0 Å². The molecule has 3 aromatic rings. The SMILES string of the molecule is COc1ccc(C(=O)NC(C)c2oc3ccccc3c2C)cc1S(=O)(=O)NC1CCCC1. The number of rotatable bonds is 7. The standard InChI is InChI=1S/C24H28N2O5S/c1-15-19-10-6-7-11-20(19)31-23(15)16(2)25-24(27)17-12-13-21(30-3)22(14-17)32(28,29)26-18-8-4-5-9-18/h6-7,10-14,16,18,26H,4-5,8-9H2,1-3H3,(H,25,27). The zero-order valence-electron chi connectivity index (χ0n) is 18.5. The van der Waals surface area contributed by atoms with E-state index in [9.17, 15) is 13.2 Å². The molecule has 0 radical (unpaired) electrons. The minimum absolute atomic E-state index is 0.0351. The molecule has 7 nitrogen and oxygen atoms in total. The molecule has 1 saturated carbocycles. The van der Waals surface area contributed by atoms with E-state index in [0.29, 0.717) is 5.76 Å². The van der Waals surface area contributed by atoms with E-state index >= 15 is 0 Å². The van der Waals surface area contributed by atoms with Gasteiger partial charge in [-0.3, -0.25) is 4.79 Å². The van der Waals surface area contributed by atoms with Crippen LogP contribution in [0.1, 0.15) is 60.3 Å². The second-order valence-electron chi connectivity index (χ2n) is 8.25. The van der Waals surface area contributed by atoms with Crippen LogP contribution < -0.4 is 14.8 Å². The van der Waals surface area contributed by atoms with Crippen LogP contribution in [0.25, 0.3) is 11.0 Å².